The van der Waals surface area contributed by atoms with E-state index in [1.54, 1.807) is 13.3 Å². The van der Waals surface area contributed by atoms with Crippen molar-refractivity contribution in [3.63, 3.8) is 0 Å². The molecule has 4 rings (SSSR count). The molecule has 0 unspecified atom stereocenters. The highest BCUT2D eigenvalue weighted by Crippen LogP contribution is 2.46. The van der Waals surface area contributed by atoms with E-state index >= 15 is 0 Å². The molecule has 8 nitrogen and oxygen atoms in total. The number of carboxylic acid groups (broad SMARTS) is 1. The lowest BCUT2D eigenvalue weighted by Gasteiger charge is -2.47. The zero-order valence-corrected chi connectivity index (χ0v) is 14.6. The van der Waals surface area contributed by atoms with Crippen LogP contribution in [0.15, 0.2) is 29.2 Å². The number of β-lactam (4-membered cyclic amide) rings is 1. The van der Waals surface area contributed by atoms with Gasteiger partial charge in [0, 0.05) is 11.5 Å². The topological polar surface area (TPSA) is 115 Å². The standard InChI is InChI=1S/C16H18N4O4S/c1-7-9(3-18-4-11-19(6-18)10(17)5-25-11)14(16(23)24)20-13(7)12(8(2)21)15(20)22/h4-8,12-13,21H,3,17H2,1-2H3/t7-,8+,12+,13+/m0/s1. The molecule has 0 bridgehead atoms. The third-order valence-corrected chi connectivity index (χ3v) is 6.12. The van der Waals surface area contributed by atoms with Crippen LogP contribution in [0.1, 0.15) is 13.8 Å². The molecule has 0 aliphatic carbocycles. The molecule has 1 fully saturated rings. The van der Waals surface area contributed by atoms with Crippen LogP contribution >= 0.6 is 11.3 Å². The smallest absolute Gasteiger partial charge is 0.251 e. The maximum absolute atomic E-state index is 12.3. The van der Waals surface area contributed by atoms with E-state index < -0.39 is 18.0 Å². The fraction of sp³-hybridized carbons (Fsp3) is 0.438. The Kier molecular flexibility index (Phi) is 3.41. The predicted molar refractivity (Wildman–Crippen MR) is 86.9 cm³/mol. The fourth-order valence-electron chi connectivity index (χ4n) is 4.03. The second-order valence-corrected chi connectivity index (χ2v) is 7.59. The highest BCUT2D eigenvalue weighted by molar-refractivity contribution is 7.15. The van der Waals surface area contributed by atoms with Gasteiger partial charge in [-0.2, -0.15) is 4.40 Å². The summed E-state index contributed by atoms with van der Waals surface area (Å²) in [6.07, 6.45) is 2.87. The van der Waals surface area contributed by atoms with Crippen LogP contribution in [0.5, 0.6) is 0 Å². The average molecular weight is 362 g/mol. The van der Waals surface area contributed by atoms with Crippen LogP contribution in [0.4, 0.5) is 5.82 Å². The molecule has 25 heavy (non-hydrogen) atoms. The molecule has 3 N–H and O–H groups in total. The third kappa shape index (κ3) is 2.12. The van der Waals surface area contributed by atoms with Gasteiger partial charge >= 0.3 is 0 Å². The molecular weight excluding hydrogens is 344 g/mol. The van der Waals surface area contributed by atoms with E-state index in [1.807, 2.05) is 27.5 Å². The van der Waals surface area contributed by atoms with Crippen LogP contribution in [0, 0.1) is 11.8 Å². The van der Waals surface area contributed by atoms with Crippen LogP contribution in [-0.2, 0) is 16.1 Å². The maximum atomic E-state index is 12.3. The highest BCUT2D eigenvalue weighted by Gasteiger charge is 2.58. The van der Waals surface area contributed by atoms with Gasteiger partial charge in [-0.3, -0.25) is 4.79 Å². The van der Waals surface area contributed by atoms with Crippen LogP contribution in [0.25, 0.3) is 4.83 Å². The summed E-state index contributed by atoms with van der Waals surface area (Å²) in [5, 5.41) is 23.4. The van der Waals surface area contributed by atoms with Crippen molar-refractivity contribution in [3.05, 3.63) is 29.2 Å². The van der Waals surface area contributed by atoms with Gasteiger partial charge in [-0.15, -0.1) is 0 Å². The number of carboxylic acids is 1. The van der Waals surface area contributed by atoms with Gasteiger partial charge in [-0.05, 0) is 6.92 Å². The number of thiazole rings is 1. The van der Waals surface area contributed by atoms with Crippen molar-refractivity contribution in [1.29, 1.82) is 0 Å². The molecule has 0 spiro atoms. The average Bonchev–Trinajstić information content (AvgIpc) is 3.14. The second kappa shape index (κ2) is 5.30. The van der Waals surface area contributed by atoms with Gasteiger partial charge in [0.15, 0.2) is 0 Å². The zero-order valence-electron chi connectivity index (χ0n) is 13.7. The Morgan fingerprint density at radius 2 is 2.28 bits per heavy atom. The minimum atomic E-state index is -1.36. The van der Waals surface area contributed by atoms with Crippen LogP contribution in [-0.4, -0.2) is 38.4 Å². The SMILES string of the molecule is C[C@@H](O)[C@H]1C(=O)N2C(C(=O)[O-])=C(C[n+]3cc4scc(N)n4c3)[C@H](C)[C@H]12. The molecule has 0 aromatic carbocycles. The van der Waals surface area contributed by atoms with E-state index in [9.17, 15) is 19.8 Å². The number of carbonyl (C=O) groups is 2. The molecule has 132 valence electrons. The number of imidazole rings is 1. The van der Waals surface area contributed by atoms with Gasteiger partial charge in [0.2, 0.25) is 16.6 Å². The molecule has 1 amide bonds. The summed E-state index contributed by atoms with van der Waals surface area (Å²) in [4.78, 5) is 26.2. The molecule has 2 aliphatic heterocycles. The summed E-state index contributed by atoms with van der Waals surface area (Å²) in [5.41, 5.74) is 6.45. The van der Waals surface area contributed by atoms with Crippen molar-refractivity contribution >= 4 is 33.9 Å². The summed E-state index contributed by atoms with van der Waals surface area (Å²) in [5.74, 6) is -1.84. The van der Waals surface area contributed by atoms with Gasteiger partial charge in [-0.1, -0.05) is 18.3 Å². The van der Waals surface area contributed by atoms with E-state index in [0.29, 0.717) is 17.9 Å². The Morgan fingerprint density at radius 1 is 1.56 bits per heavy atom. The lowest BCUT2D eigenvalue weighted by atomic mass is 9.78. The van der Waals surface area contributed by atoms with Crippen molar-refractivity contribution < 1.29 is 24.4 Å². The fourth-order valence-corrected chi connectivity index (χ4v) is 4.84. The van der Waals surface area contributed by atoms with Gasteiger partial charge in [0.25, 0.3) is 6.33 Å². The second-order valence-electron chi connectivity index (χ2n) is 6.70. The first-order chi connectivity index (χ1) is 11.8. The predicted octanol–water partition coefficient (Wildman–Crippen LogP) is -1.27. The number of nitrogen functional groups attached to an aromatic ring is 1. The molecule has 1 saturated heterocycles. The number of nitrogens with two attached hydrogens (primary N) is 1. The highest BCUT2D eigenvalue weighted by atomic mass is 32.1. The van der Waals surface area contributed by atoms with Gasteiger partial charge in [0.05, 0.1) is 35.1 Å². The number of fused-ring (bicyclic) bond motifs is 2. The monoisotopic (exact) mass is 362 g/mol. The molecule has 4 atom stereocenters. The Labute approximate surface area is 147 Å². The summed E-state index contributed by atoms with van der Waals surface area (Å²) >= 11 is 1.49. The van der Waals surface area contributed by atoms with Crippen molar-refractivity contribution in [2.24, 2.45) is 11.8 Å². The number of aliphatic hydroxyl groups excluding tert-OH is 1. The lowest BCUT2D eigenvalue weighted by Crippen LogP contribution is -2.64. The molecular formula is C16H18N4O4S. The number of nitrogens with zero attached hydrogens (tertiary/aromatic N) is 3. The Hall–Kier alpha value is -2.39. The van der Waals surface area contributed by atoms with Crippen molar-refractivity contribution in [1.82, 2.24) is 9.30 Å². The number of amides is 1. The van der Waals surface area contributed by atoms with E-state index in [-0.39, 0.29) is 23.6 Å². The number of aliphatic hydroxyl groups is 1. The Bertz CT molecular complexity index is 928. The first-order valence-corrected chi connectivity index (χ1v) is 8.89. The quantitative estimate of drug-likeness (QED) is 0.520. The number of hydrogen-bond acceptors (Lipinski definition) is 6. The number of rotatable bonds is 4. The molecule has 9 heteroatoms. The maximum Gasteiger partial charge on any atom is 0.251 e. The largest absolute Gasteiger partial charge is 0.543 e. The third-order valence-electron chi connectivity index (χ3n) is 5.22. The minimum absolute atomic E-state index is 0.0607. The minimum Gasteiger partial charge on any atom is -0.543 e. The van der Waals surface area contributed by atoms with E-state index in [1.165, 1.54) is 16.2 Å². The van der Waals surface area contributed by atoms with E-state index in [0.717, 1.165) is 4.83 Å². The van der Waals surface area contributed by atoms with Crippen LogP contribution in [0.2, 0.25) is 0 Å². The summed E-state index contributed by atoms with van der Waals surface area (Å²) in [6, 6.07) is -0.329. The van der Waals surface area contributed by atoms with Gasteiger partial charge < -0.3 is 25.6 Å². The molecule has 2 aromatic rings. The first kappa shape index (κ1) is 16.1. The van der Waals surface area contributed by atoms with Crippen molar-refractivity contribution in [3.8, 4) is 0 Å². The molecule has 0 radical (unpaired) electrons. The van der Waals surface area contributed by atoms with Gasteiger partial charge in [-0.25, -0.2) is 4.57 Å². The number of hydrogen-bond donors (Lipinski definition) is 2. The van der Waals surface area contributed by atoms with Crippen molar-refractivity contribution in [2.75, 3.05) is 5.73 Å². The van der Waals surface area contributed by atoms with E-state index in [2.05, 4.69) is 0 Å². The number of aromatic nitrogens is 2. The summed E-state index contributed by atoms with van der Waals surface area (Å²) in [6.45, 7) is 3.77. The number of anilines is 1. The van der Waals surface area contributed by atoms with Crippen LogP contribution in [0.3, 0.4) is 0 Å². The molecule has 4 heterocycles. The van der Waals surface area contributed by atoms with Crippen LogP contribution < -0.4 is 15.4 Å². The molecule has 2 aromatic heterocycles. The summed E-state index contributed by atoms with van der Waals surface area (Å²) < 4.78 is 3.67. The number of aliphatic carboxylic acids is 1. The Balaban J connectivity index is 1.72. The zero-order chi connectivity index (χ0) is 18.0. The molecule has 2 aliphatic rings. The first-order valence-electron chi connectivity index (χ1n) is 8.01. The lowest BCUT2D eigenvalue weighted by molar-refractivity contribution is -0.688. The van der Waals surface area contributed by atoms with Crippen molar-refractivity contribution in [2.45, 2.75) is 32.5 Å². The number of carbonyl (C=O) groups excluding carboxylic acids is 2. The van der Waals surface area contributed by atoms with Gasteiger partial charge in [0.1, 0.15) is 12.7 Å². The molecule has 0 saturated carbocycles. The Morgan fingerprint density at radius 3 is 2.88 bits per heavy atom. The summed E-state index contributed by atoms with van der Waals surface area (Å²) in [7, 11) is 0. The normalized spacial score (nSPS) is 26.9. The van der Waals surface area contributed by atoms with E-state index in [4.69, 9.17) is 5.73 Å².